The summed E-state index contributed by atoms with van der Waals surface area (Å²) < 4.78 is 27.1. The van der Waals surface area contributed by atoms with Gasteiger partial charge in [-0.1, -0.05) is 44.2 Å². The van der Waals surface area contributed by atoms with Gasteiger partial charge in [0.05, 0.1) is 19.2 Å². The normalized spacial score (nSPS) is 21.8. The molecular weight excluding hydrogens is 531 g/mol. The van der Waals surface area contributed by atoms with Gasteiger partial charge in [0.2, 0.25) is 5.88 Å². The van der Waals surface area contributed by atoms with Crippen molar-refractivity contribution < 1.29 is 23.8 Å². The molecule has 1 aromatic heterocycles. The van der Waals surface area contributed by atoms with E-state index >= 15 is 4.39 Å². The van der Waals surface area contributed by atoms with Gasteiger partial charge in [-0.15, -0.1) is 0 Å². The van der Waals surface area contributed by atoms with Gasteiger partial charge in [-0.05, 0) is 97.2 Å². The molecule has 0 bridgehead atoms. The number of carboxylic acids is 1. The first-order chi connectivity index (χ1) is 20.4. The predicted octanol–water partition coefficient (Wildman–Crippen LogP) is 7.55. The lowest BCUT2D eigenvalue weighted by Crippen LogP contribution is -2.28. The van der Waals surface area contributed by atoms with Crippen LogP contribution in [0.3, 0.4) is 0 Å². The van der Waals surface area contributed by atoms with Crippen molar-refractivity contribution in [2.75, 3.05) is 13.7 Å². The Morgan fingerprint density at radius 1 is 1.14 bits per heavy atom. The summed E-state index contributed by atoms with van der Waals surface area (Å²) in [5.41, 5.74) is 5.73. The molecule has 1 saturated carbocycles. The number of aromatic nitrogens is 1. The number of benzene rings is 2. The van der Waals surface area contributed by atoms with Gasteiger partial charge in [-0.2, -0.15) is 0 Å². The van der Waals surface area contributed by atoms with Crippen LogP contribution in [0, 0.1) is 17.7 Å². The van der Waals surface area contributed by atoms with Crippen LogP contribution in [0.4, 0.5) is 4.39 Å². The van der Waals surface area contributed by atoms with Crippen molar-refractivity contribution in [3.8, 4) is 22.8 Å². The van der Waals surface area contributed by atoms with Gasteiger partial charge in [-0.25, -0.2) is 9.37 Å². The van der Waals surface area contributed by atoms with Crippen LogP contribution in [-0.2, 0) is 17.8 Å². The molecule has 3 aromatic rings. The molecule has 1 saturated heterocycles. The van der Waals surface area contributed by atoms with Gasteiger partial charge in [-0.3, -0.25) is 9.69 Å². The molecule has 6 rings (SSSR count). The van der Waals surface area contributed by atoms with Gasteiger partial charge in [0.1, 0.15) is 17.7 Å². The number of nitrogens with zero attached hydrogens (tertiary/aromatic N) is 2. The van der Waals surface area contributed by atoms with Crippen LogP contribution in [0.1, 0.15) is 86.6 Å². The van der Waals surface area contributed by atoms with E-state index < -0.39 is 11.9 Å². The lowest BCUT2D eigenvalue weighted by atomic mass is 9.82. The van der Waals surface area contributed by atoms with Crippen molar-refractivity contribution in [3.05, 3.63) is 76.7 Å². The number of methoxy groups -OCH3 is 1. The predicted molar refractivity (Wildman–Crippen MR) is 160 cm³/mol. The maximum absolute atomic E-state index is 15.1. The SMILES string of the molecule is CCC1CCCN1Cc1cc([C@@H]2CCc3ccc(C(C4CC4)[C@H](C)C(=O)O)cc3O2)ccc1-c1cc(OC)ncc1F. The quantitative estimate of drug-likeness (QED) is 0.270. The van der Waals surface area contributed by atoms with Crippen LogP contribution in [0.5, 0.6) is 11.6 Å². The summed E-state index contributed by atoms with van der Waals surface area (Å²) in [6, 6.07) is 14.8. The summed E-state index contributed by atoms with van der Waals surface area (Å²) in [6.45, 7) is 5.84. The molecule has 2 fully saturated rings. The van der Waals surface area contributed by atoms with Crippen LogP contribution in [0.2, 0.25) is 0 Å². The molecule has 222 valence electrons. The molecule has 42 heavy (non-hydrogen) atoms. The van der Waals surface area contributed by atoms with E-state index in [1.54, 1.807) is 13.2 Å². The minimum atomic E-state index is -0.748. The first-order valence-corrected chi connectivity index (χ1v) is 15.4. The largest absolute Gasteiger partial charge is 0.485 e. The van der Waals surface area contributed by atoms with Gasteiger partial charge < -0.3 is 14.6 Å². The van der Waals surface area contributed by atoms with Crippen LogP contribution < -0.4 is 9.47 Å². The fraction of sp³-hybridized carbons (Fsp3) is 0.486. The Bertz CT molecular complexity index is 1450. The maximum atomic E-state index is 15.1. The van der Waals surface area contributed by atoms with Crippen LogP contribution in [0.25, 0.3) is 11.1 Å². The van der Waals surface area contributed by atoms with E-state index in [0.717, 1.165) is 78.8 Å². The lowest BCUT2D eigenvalue weighted by Gasteiger charge is -2.30. The van der Waals surface area contributed by atoms with Gasteiger partial charge in [0.25, 0.3) is 0 Å². The van der Waals surface area contributed by atoms with Crippen molar-refractivity contribution in [1.82, 2.24) is 9.88 Å². The number of aliphatic carboxylic acids is 1. The van der Waals surface area contributed by atoms with E-state index in [0.29, 0.717) is 23.4 Å². The number of rotatable bonds is 10. The highest BCUT2D eigenvalue weighted by molar-refractivity contribution is 5.71. The summed E-state index contributed by atoms with van der Waals surface area (Å²) in [4.78, 5) is 18.5. The average molecular weight is 573 g/mol. The van der Waals surface area contributed by atoms with E-state index in [-0.39, 0.29) is 17.8 Å². The third kappa shape index (κ3) is 5.76. The minimum Gasteiger partial charge on any atom is -0.485 e. The van der Waals surface area contributed by atoms with E-state index in [2.05, 4.69) is 47.1 Å². The Hall–Kier alpha value is -3.45. The van der Waals surface area contributed by atoms with Crippen molar-refractivity contribution in [2.45, 2.75) is 83.4 Å². The Balaban J connectivity index is 1.33. The Kier molecular flexibility index (Phi) is 8.22. The molecular formula is C35H41FN2O4. The highest BCUT2D eigenvalue weighted by atomic mass is 19.1. The maximum Gasteiger partial charge on any atom is 0.306 e. The van der Waals surface area contributed by atoms with Crippen LogP contribution in [-0.4, -0.2) is 40.7 Å². The monoisotopic (exact) mass is 572 g/mol. The molecule has 2 aliphatic heterocycles. The van der Waals surface area contributed by atoms with Crippen molar-refractivity contribution in [2.24, 2.45) is 11.8 Å². The zero-order valence-electron chi connectivity index (χ0n) is 24.8. The van der Waals surface area contributed by atoms with Crippen molar-refractivity contribution in [3.63, 3.8) is 0 Å². The molecule has 0 spiro atoms. The third-order valence-corrected chi connectivity index (χ3v) is 9.65. The number of likely N-dealkylation sites (tertiary alicyclic amines) is 1. The summed E-state index contributed by atoms with van der Waals surface area (Å²) in [7, 11) is 1.54. The van der Waals surface area contributed by atoms with Gasteiger partial charge in [0, 0.05) is 24.2 Å². The number of halogens is 1. The lowest BCUT2D eigenvalue weighted by molar-refractivity contribution is -0.142. The number of fused-ring (bicyclic) bond motifs is 1. The fourth-order valence-electron chi connectivity index (χ4n) is 7.14. The second-order valence-electron chi connectivity index (χ2n) is 12.3. The highest BCUT2D eigenvalue weighted by Crippen LogP contribution is 2.48. The first kappa shape index (κ1) is 28.7. The molecule has 0 amide bonds. The van der Waals surface area contributed by atoms with Gasteiger partial charge in [0.15, 0.2) is 0 Å². The summed E-state index contributed by atoms with van der Waals surface area (Å²) in [6.07, 6.45) is 8.47. The minimum absolute atomic E-state index is 0.00175. The summed E-state index contributed by atoms with van der Waals surface area (Å²) in [5, 5.41) is 9.76. The molecule has 1 aliphatic carbocycles. The molecule has 7 heteroatoms. The topological polar surface area (TPSA) is 71.9 Å². The second kappa shape index (κ2) is 12.0. The standard InChI is InChI=1S/C35H41FN2O4/c1-4-27-6-5-15-38(27)20-26-16-24(11-13-28(26)29-18-33(41-3)37-19-30(29)36)31-14-12-22-7-10-25(17-32(22)42-31)34(23-8-9-23)21(2)35(39)40/h7,10-11,13,16-19,21,23,27,31,34H,4-6,8-9,12,14-15,20H2,1-3H3,(H,39,40)/t21-,27?,31-,34?/m0/s1. The average Bonchev–Trinajstić information content (AvgIpc) is 3.74. The third-order valence-electron chi connectivity index (χ3n) is 9.65. The number of pyridine rings is 1. The van der Waals surface area contributed by atoms with E-state index in [4.69, 9.17) is 9.47 Å². The molecule has 2 unspecified atom stereocenters. The van der Waals surface area contributed by atoms with E-state index in [1.807, 2.05) is 13.0 Å². The highest BCUT2D eigenvalue weighted by Gasteiger charge is 2.39. The fourth-order valence-corrected chi connectivity index (χ4v) is 7.14. The van der Waals surface area contributed by atoms with E-state index in [9.17, 15) is 9.90 Å². The molecule has 1 N–H and O–H groups in total. The van der Waals surface area contributed by atoms with Gasteiger partial charge >= 0.3 is 5.97 Å². The Morgan fingerprint density at radius 2 is 1.98 bits per heavy atom. The number of hydrogen-bond acceptors (Lipinski definition) is 5. The molecule has 3 aliphatic rings. The zero-order chi connectivity index (χ0) is 29.4. The molecule has 0 radical (unpaired) electrons. The number of ether oxygens (including phenoxy) is 2. The first-order valence-electron chi connectivity index (χ1n) is 15.4. The summed E-state index contributed by atoms with van der Waals surface area (Å²) >= 11 is 0. The second-order valence-corrected chi connectivity index (χ2v) is 12.3. The molecule has 6 nitrogen and oxygen atoms in total. The van der Waals surface area contributed by atoms with Crippen molar-refractivity contribution in [1.29, 1.82) is 0 Å². The van der Waals surface area contributed by atoms with Crippen LogP contribution in [0.15, 0.2) is 48.7 Å². The number of carboxylic acid groups (broad SMARTS) is 1. The summed E-state index contributed by atoms with van der Waals surface area (Å²) in [5.74, 6) is 0.119. The number of aryl methyl sites for hydroxylation is 1. The smallest absolute Gasteiger partial charge is 0.306 e. The van der Waals surface area contributed by atoms with E-state index in [1.165, 1.54) is 19.0 Å². The Morgan fingerprint density at radius 3 is 2.71 bits per heavy atom. The number of hydrogen-bond donors (Lipinski definition) is 1. The molecule has 4 atom stereocenters. The Labute approximate surface area is 247 Å². The van der Waals surface area contributed by atoms with Crippen LogP contribution >= 0.6 is 0 Å². The van der Waals surface area contributed by atoms with Crippen molar-refractivity contribution >= 4 is 5.97 Å². The molecule has 3 heterocycles. The molecule has 2 aromatic carbocycles. The number of carbonyl (C=O) groups is 1. The zero-order valence-corrected chi connectivity index (χ0v) is 24.8.